The van der Waals surface area contributed by atoms with Gasteiger partial charge in [-0.2, -0.15) is 0 Å². The molecule has 0 aliphatic heterocycles. The molecule has 0 aliphatic carbocycles. The number of benzene rings is 1. The van der Waals surface area contributed by atoms with Gasteiger partial charge in [-0.15, -0.1) is 0 Å². The van der Waals surface area contributed by atoms with E-state index in [1.165, 1.54) is 0 Å². The quantitative estimate of drug-likeness (QED) is 0.605. The lowest BCUT2D eigenvalue weighted by atomic mass is 10.0. The van der Waals surface area contributed by atoms with Crippen LogP contribution in [0.15, 0.2) is 31.0 Å². The van der Waals surface area contributed by atoms with E-state index < -0.39 is 23.5 Å². The molecular weight excluding hydrogens is 228 g/mol. The Hall–Kier alpha value is -2.63. The third-order valence-electron chi connectivity index (χ3n) is 1.91. The molecule has 1 aromatic carbocycles. The molecule has 17 heavy (non-hydrogen) atoms. The van der Waals surface area contributed by atoms with Gasteiger partial charge < -0.3 is 14.9 Å². The van der Waals surface area contributed by atoms with Gasteiger partial charge in [0.15, 0.2) is 0 Å². The Labute approximate surface area is 95.8 Å². The zero-order valence-corrected chi connectivity index (χ0v) is 8.54. The maximum atomic E-state index is 11.3. The molecule has 6 nitrogen and oxygen atoms in total. The lowest BCUT2D eigenvalue weighted by Crippen LogP contribution is -2.11. The van der Waals surface area contributed by atoms with Crippen LogP contribution in [0.4, 0.5) is 0 Å². The van der Waals surface area contributed by atoms with Gasteiger partial charge in [0.1, 0.15) is 0 Å². The van der Waals surface area contributed by atoms with E-state index in [4.69, 9.17) is 10.2 Å². The summed E-state index contributed by atoms with van der Waals surface area (Å²) < 4.78 is 4.43. The minimum Gasteiger partial charge on any atom is -0.478 e. The smallest absolute Gasteiger partial charge is 0.343 e. The summed E-state index contributed by atoms with van der Waals surface area (Å²) in [5.74, 6) is -3.60. The second kappa shape index (κ2) is 4.93. The summed E-state index contributed by atoms with van der Waals surface area (Å²) in [6, 6.07) is 3.09. The molecule has 0 unspecified atom stereocenters. The summed E-state index contributed by atoms with van der Waals surface area (Å²) in [4.78, 5) is 32.9. The van der Waals surface area contributed by atoms with Crippen molar-refractivity contribution in [2.45, 2.75) is 0 Å². The Balaban J connectivity index is 3.31. The molecule has 2 N–H and O–H groups in total. The van der Waals surface area contributed by atoms with Crippen LogP contribution in [-0.4, -0.2) is 28.1 Å². The zero-order chi connectivity index (χ0) is 13.0. The molecule has 0 aromatic heterocycles. The van der Waals surface area contributed by atoms with Crippen molar-refractivity contribution in [1.29, 1.82) is 0 Å². The Kier molecular flexibility index (Phi) is 3.61. The first-order chi connectivity index (χ1) is 7.97. The average Bonchev–Trinajstić information content (AvgIpc) is 2.28. The maximum Gasteiger partial charge on any atom is 0.343 e. The van der Waals surface area contributed by atoms with E-state index in [9.17, 15) is 14.4 Å². The predicted octanol–water partition coefficient (Wildman–Crippen LogP) is 1.38. The minimum atomic E-state index is -1.41. The van der Waals surface area contributed by atoms with Gasteiger partial charge in [-0.05, 0) is 18.2 Å². The largest absolute Gasteiger partial charge is 0.478 e. The fourth-order valence-electron chi connectivity index (χ4n) is 1.17. The zero-order valence-electron chi connectivity index (χ0n) is 8.54. The number of carboxylic acid groups (broad SMARTS) is 2. The van der Waals surface area contributed by atoms with E-state index in [0.717, 1.165) is 24.5 Å². The summed E-state index contributed by atoms with van der Waals surface area (Å²) in [5.41, 5.74) is -0.892. The highest BCUT2D eigenvalue weighted by Crippen LogP contribution is 2.14. The number of carbonyl (C=O) groups excluding carboxylic acids is 1. The monoisotopic (exact) mass is 236 g/mol. The molecular formula is C11H8O6. The summed E-state index contributed by atoms with van der Waals surface area (Å²) in [6.07, 6.45) is 0.860. The van der Waals surface area contributed by atoms with Gasteiger partial charge in [0, 0.05) is 0 Å². The molecule has 0 amide bonds. The molecule has 1 aromatic rings. The topological polar surface area (TPSA) is 101 Å². The van der Waals surface area contributed by atoms with E-state index in [1.807, 2.05) is 0 Å². The van der Waals surface area contributed by atoms with E-state index in [-0.39, 0.29) is 11.1 Å². The molecule has 1 rings (SSSR count). The lowest BCUT2D eigenvalue weighted by molar-refractivity contribution is 0.0630. The summed E-state index contributed by atoms with van der Waals surface area (Å²) in [5, 5.41) is 17.6. The number of hydrogen-bond acceptors (Lipinski definition) is 4. The van der Waals surface area contributed by atoms with Crippen molar-refractivity contribution in [2.24, 2.45) is 0 Å². The predicted molar refractivity (Wildman–Crippen MR) is 56.0 cm³/mol. The van der Waals surface area contributed by atoms with Crippen LogP contribution in [0.25, 0.3) is 0 Å². The molecule has 0 bridgehead atoms. The van der Waals surface area contributed by atoms with Crippen molar-refractivity contribution < 1.29 is 29.3 Å². The number of ether oxygens (including phenoxy) is 1. The fraction of sp³-hybridized carbons (Fsp3) is 0. The first-order valence-electron chi connectivity index (χ1n) is 4.40. The summed E-state index contributed by atoms with van der Waals surface area (Å²) >= 11 is 0. The van der Waals surface area contributed by atoms with Crippen molar-refractivity contribution in [2.75, 3.05) is 0 Å². The number of aromatic carboxylic acids is 2. The van der Waals surface area contributed by atoms with E-state index in [1.54, 1.807) is 0 Å². The third kappa shape index (κ3) is 2.69. The lowest BCUT2D eigenvalue weighted by Gasteiger charge is -2.05. The van der Waals surface area contributed by atoms with E-state index in [0.29, 0.717) is 0 Å². The van der Waals surface area contributed by atoms with Crippen LogP contribution in [-0.2, 0) is 4.74 Å². The van der Waals surface area contributed by atoms with Crippen molar-refractivity contribution >= 4 is 17.9 Å². The average molecular weight is 236 g/mol. The van der Waals surface area contributed by atoms with Crippen molar-refractivity contribution in [3.63, 3.8) is 0 Å². The van der Waals surface area contributed by atoms with Crippen molar-refractivity contribution in [3.8, 4) is 0 Å². The molecule has 0 heterocycles. The van der Waals surface area contributed by atoms with Gasteiger partial charge in [-0.25, -0.2) is 14.4 Å². The van der Waals surface area contributed by atoms with Crippen LogP contribution in [0.3, 0.4) is 0 Å². The van der Waals surface area contributed by atoms with Crippen LogP contribution in [0.5, 0.6) is 0 Å². The molecule has 0 saturated heterocycles. The van der Waals surface area contributed by atoms with Crippen LogP contribution in [0.1, 0.15) is 31.1 Å². The Bertz CT molecular complexity index is 503. The second-order valence-electron chi connectivity index (χ2n) is 2.94. The Morgan fingerprint density at radius 1 is 1.12 bits per heavy atom. The van der Waals surface area contributed by atoms with Gasteiger partial charge in [-0.1, -0.05) is 6.58 Å². The highest BCUT2D eigenvalue weighted by atomic mass is 16.5. The van der Waals surface area contributed by atoms with Crippen LogP contribution < -0.4 is 0 Å². The number of esters is 1. The molecule has 88 valence electrons. The first kappa shape index (κ1) is 12.4. The number of rotatable bonds is 4. The number of carboxylic acids is 2. The van der Waals surface area contributed by atoms with Gasteiger partial charge in [0.25, 0.3) is 0 Å². The molecule has 6 heteroatoms. The standard InChI is InChI=1S/C11H8O6/c1-2-17-11(16)7-4-3-6(9(12)13)5-8(7)10(14)15/h2-5H,1H2,(H,12,13)(H,14,15). The highest BCUT2D eigenvalue weighted by molar-refractivity contribution is 6.04. The highest BCUT2D eigenvalue weighted by Gasteiger charge is 2.19. The minimum absolute atomic E-state index is 0.224. The Morgan fingerprint density at radius 2 is 1.76 bits per heavy atom. The number of carbonyl (C=O) groups is 3. The molecule has 0 fully saturated rings. The summed E-state index contributed by atoms with van der Waals surface area (Å²) in [6.45, 7) is 3.16. The Morgan fingerprint density at radius 3 is 2.24 bits per heavy atom. The molecule has 0 aliphatic rings. The maximum absolute atomic E-state index is 11.3. The molecule has 0 spiro atoms. The van der Waals surface area contributed by atoms with Crippen LogP contribution in [0, 0.1) is 0 Å². The fourth-order valence-corrected chi connectivity index (χ4v) is 1.17. The van der Waals surface area contributed by atoms with Crippen molar-refractivity contribution in [3.05, 3.63) is 47.7 Å². The van der Waals surface area contributed by atoms with E-state index in [2.05, 4.69) is 11.3 Å². The number of hydrogen-bond donors (Lipinski definition) is 2. The van der Waals surface area contributed by atoms with Crippen LogP contribution in [0.2, 0.25) is 0 Å². The van der Waals surface area contributed by atoms with Crippen LogP contribution >= 0.6 is 0 Å². The molecule has 0 atom stereocenters. The van der Waals surface area contributed by atoms with Gasteiger partial charge >= 0.3 is 17.9 Å². The second-order valence-corrected chi connectivity index (χ2v) is 2.94. The van der Waals surface area contributed by atoms with Gasteiger partial charge in [0.2, 0.25) is 0 Å². The third-order valence-corrected chi connectivity index (χ3v) is 1.91. The first-order valence-corrected chi connectivity index (χ1v) is 4.40. The van der Waals surface area contributed by atoms with Gasteiger partial charge in [0.05, 0.1) is 23.0 Å². The van der Waals surface area contributed by atoms with Gasteiger partial charge in [-0.3, -0.25) is 0 Å². The summed E-state index contributed by atoms with van der Waals surface area (Å²) in [7, 11) is 0. The van der Waals surface area contributed by atoms with E-state index >= 15 is 0 Å². The molecule has 0 radical (unpaired) electrons. The normalized spacial score (nSPS) is 9.41. The molecule has 0 saturated carbocycles. The SMILES string of the molecule is C=COC(=O)c1ccc(C(=O)O)cc1C(=O)O. The van der Waals surface area contributed by atoms with Crippen molar-refractivity contribution in [1.82, 2.24) is 0 Å².